The first kappa shape index (κ1) is 24.7. The van der Waals surface area contributed by atoms with Crippen molar-refractivity contribution in [2.24, 2.45) is 10.9 Å². The molecule has 2 heterocycles. The minimum absolute atomic E-state index is 0. The Morgan fingerprint density at radius 3 is 2.17 bits per heavy atom. The molecule has 1 amide bonds. The van der Waals surface area contributed by atoms with E-state index in [-0.39, 0.29) is 24.0 Å². The second-order valence-electron chi connectivity index (χ2n) is 8.55. The van der Waals surface area contributed by atoms with Gasteiger partial charge in [0.05, 0.1) is 0 Å². The molecule has 1 saturated carbocycles. The number of halogens is 1. The van der Waals surface area contributed by atoms with Crippen LogP contribution in [0.2, 0.25) is 0 Å². The molecule has 0 atom stereocenters. The maximum Gasteiger partial charge on any atom is 0.225 e. The molecule has 0 aromatic heterocycles. The Hall–Kier alpha value is -0.610. The van der Waals surface area contributed by atoms with Crippen LogP contribution in [0.4, 0.5) is 0 Å². The topological polar surface area (TPSA) is 63.2 Å². The van der Waals surface area contributed by atoms with E-state index < -0.39 is 0 Å². The Morgan fingerprint density at radius 2 is 1.62 bits per heavy atom. The Bertz CT molecular complexity index is 511. The SMILES string of the molecule is CCCN1CCC(NC(=NC)NCCN2CCN(C(=O)C3CCC3)CC2)CC1.I. The largest absolute Gasteiger partial charge is 0.355 e. The number of hydrogen-bond donors (Lipinski definition) is 2. The second-order valence-corrected chi connectivity index (χ2v) is 8.55. The van der Waals surface area contributed by atoms with E-state index >= 15 is 0 Å². The summed E-state index contributed by atoms with van der Waals surface area (Å²) in [6.45, 7) is 11.5. The van der Waals surface area contributed by atoms with E-state index in [0.717, 1.165) is 58.1 Å². The van der Waals surface area contributed by atoms with Crippen molar-refractivity contribution in [3.8, 4) is 0 Å². The smallest absolute Gasteiger partial charge is 0.225 e. The fraction of sp³-hybridized carbons (Fsp3) is 0.905. The maximum atomic E-state index is 12.3. The van der Waals surface area contributed by atoms with Crippen molar-refractivity contribution in [3.05, 3.63) is 0 Å². The molecule has 2 N–H and O–H groups in total. The van der Waals surface area contributed by atoms with Gasteiger partial charge in [0.1, 0.15) is 0 Å². The summed E-state index contributed by atoms with van der Waals surface area (Å²) in [5.41, 5.74) is 0. The van der Waals surface area contributed by atoms with E-state index in [1.807, 2.05) is 7.05 Å². The van der Waals surface area contributed by atoms with Crippen molar-refractivity contribution in [1.29, 1.82) is 0 Å². The van der Waals surface area contributed by atoms with Gasteiger partial charge in [-0.25, -0.2) is 0 Å². The zero-order valence-electron chi connectivity index (χ0n) is 18.4. The molecule has 3 rings (SSSR count). The second kappa shape index (κ2) is 12.9. The van der Waals surface area contributed by atoms with Gasteiger partial charge < -0.3 is 20.4 Å². The van der Waals surface area contributed by atoms with Crippen molar-refractivity contribution in [2.45, 2.75) is 51.5 Å². The molecule has 0 spiro atoms. The molecular formula is C21H41IN6O. The summed E-state index contributed by atoms with van der Waals surface area (Å²) in [5, 5.41) is 7.07. The molecule has 0 aromatic rings. The number of nitrogens with zero attached hydrogens (tertiary/aromatic N) is 4. The quantitative estimate of drug-likeness (QED) is 0.304. The number of carbonyl (C=O) groups excluding carboxylic acids is 1. The number of hydrogen-bond acceptors (Lipinski definition) is 4. The van der Waals surface area contributed by atoms with E-state index in [0.29, 0.717) is 17.9 Å². The molecule has 1 aliphatic carbocycles. The highest BCUT2D eigenvalue weighted by Gasteiger charge is 2.31. The first-order valence-electron chi connectivity index (χ1n) is 11.4. The summed E-state index contributed by atoms with van der Waals surface area (Å²) in [6.07, 6.45) is 7.06. The van der Waals surface area contributed by atoms with Gasteiger partial charge >= 0.3 is 0 Å². The monoisotopic (exact) mass is 520 g/mol. The van der Waals surface area contributed by atoms with Crippen molar-refractivity contribution >= 4 is 35.8 Å². The molecule has 29 heavy (non-hydrogen) atoms. The average molecular weight is 521 g/mol. The van der Waals surface area contributed by atoms with Gasteiger partial charge in [-0.05, 0) is 38.6 Å². The number of aliphatic imine (C=N–C) groups is 1. The third kappa shape index (κ3) is 7.54. The van der Waals surface area contributed by atoms with Crippen LogP contribution in [0.25, 0.3) is 0 Å². The molecule has 0 unspecified atom stereocenters. The summed E-state index contributed by atoms with van der Waals surface area (Å²) >= 11 is 0. The van der Waals surface area contributed by atoms with Crippen LogP contribution in [0.5, 0.6) is 0 Å². The van der Waals surface area contributed by atoms with Gasteiger partial charge in [0.25, 0.3) is 0 Å². The Balaban J connectivity index is 0.00000300. The minimum Gasteiger partial charge on any atom is -0.355 e. The number of carbonyl (C=O) groups is 1. The summed E-state index contributed by atoms with van der Waals surface area (Å²) in [4.78, 5) is 23.8. The van der Waals surface area contributed by atoms with Gasteiger partial charge in [-0.3, -0.25) is 14.7 Å². The third-order valence-corrected chi connectivity index (χ3v) is 6.55. The molecule has 3 fully saturated rings. The van der Waals surface area contributed by atoms with Gasteiger partial charge in [-0.1, -0.05) is 13.3 Å². The molecule has 0 radical (unpaired) electrons. The van der Waals surface area contributed by atoms with Crippen LogP contribution in [0, 0.1) is 5.92 Å². The van der Waals surface area contributed by atoms with Crippen LogP contribution in [0.3, 0.4) is 0 Å². The summed E-state index contributed by atoms with van der Waals surface area (Å²) < 4.78 is 0. The van der Waals surface area contributed by atoms with Gasteiger partial charge in [-0.2, -0.15) is 0 Å². The predicted octanol–water partition coefficient (Wildman–Crippen LogP) is 1.59. The molecule has 0 aromatic carbocycles. The van der Waals surface area contributed by atoms with E-state index in [2.05, 4.69) is 37.2 Å². The first-order valence-corrected chi connectivity index (χ1v) is 11.4. The predicted molar refractivity (Wildman–Crippen MR) is 130 cm³/mol. The van der Waals surface area contributed by atoms with Crippen molar-refractivity contribution in [3.63, 3.8) is 0 Å². The van der Waals surface area contributed by atoms with Crippen LogP contribution in [0.1, 0.15) is 45.4 Å². The molecule has 2 saturated heterocycles. The standard InChI is InChI=1S/C21H40N6O.HI/c1-3-10-25-11-7-19(8-12-25)24-21(22-2)23-9-13-26-14-16-27(17-15-26)20(28)18-5-4-6-18;/h18-19H,3-17H2,1-2H3,(H2,22,23,24);1H. The lowest BCUT2D eigenvalue weighted by Crippen LogP contribution is -2.53. The zero-order chi connectivity index (χ0) is 19.8. The van der Waals surface area contributed by atoms with Crippen molar-refractivity contribution in [1.82, 2.24) is 25.3 Å². The molecule has 2 aliphatic heterocycles. The van der Waals surface area contributed by atoms with Crippen LogP contribution in [-0.4, -0.2) is 98.6 Å². The Labute approximate surface area is 194 Å². The van der Waals surface area contributed by atoms with Gasteiger partial charge in [0.2, 0.25) is 5.91 Å². The Morgan fingerprint density at radius 1 is 0.966 bits per heavy atom. The lowest BCUT2D eigenvalue weighted by molar-refractivity contribution is -0.139. The van der Waals surface area contributed by atoms with Crippen molar-refractivity contribution < 1.29 is 4.79 Å². The number of guanidine groups is 1. The third-order valence-electron chi connectivity index (χ3n) is 6.55. The van der Waals surface area contributed by atoms with E-state index in [1.54, 1.807) is 0 Å². The van der Waals surface area contributed by atoms with E-state index in [4.69, 9.17) is 0 Å². The molecular weight excluding hydrogens is 479 g/mol. The number of amides is 1. The number of piperidine rings is 1. The number of nitrogens with one attached hydrogen (secondary N) is 2. The van der Waals surface area contributed by atoms with Crippen LogP contribution in [-0.2, 0) is 4.79 Å². The normalized spacial score (nSPS) is 22.7. The van der Waals surface area contributed by atoms with Crippen LogP contribution < -0.4 is 10.6 Å². The molecule has 7 nitrogen and oxygen atoms in total. The van der Waals surface area contributed by atoms with Crippen LogP contribution >= 0.6 is 24.0 Å². The highest BCUT2D eigenvalue weighted by atomic mass is 127. The minimum atomic E-state index is 0. The molecule has 0 bridgehead atoms. The summed E-state index contributed by atoms with van der Waals surface area (Å²) in [5.74, 6) is 1.66. The first-order chi connectivity index (χ1) is 13.7. The number of likely N-dealkylation sites (tertiary alicyclic amines) is 1. The molecule has 8 heteroatoms. The summed E-state index contributed by atoms with van der Waals surface area (Å²) in [7, 11) is 1.85. The summed E-state index contributed by atoms with van der Waals surface area (Å²) in [6, 6.07) is 0.528. The zero-order valence-corrected chi connectivity index (χ0v) is 20.7. The highest BCUT2D eigenvalue weighted by molar-refractivity contribution is 14.0. The average Bonchev–Trinajstić information content (AvgIpc) is 2.68. The highest BCUT2D eigenvalue weighted by Crippen LogP contribution is 2.28. The molecule has 168 valence electrons. The Kier molecular flexibility index (Phi) is 11.0. The maximum absolute atomic E-state index is 12.3. The van der Waals surface area contributed by atoms with Crippen LogP contribution in [0.15, 0.2) is 4.99 Å². The number of rotatable bonds is 7. The van der Waals surface area contributed by atoms with E-state index in [1.165, 1.54) is 45.3 Å². The van der Waals surface area contributed by atoms with Gasteiger partial charge in [-0.15, -0.1) is 24.0 Å². The molecule has 3 aliphatic rings. The van der Waals surface area contributed by atoms with E-state index in [9.17, 15) is 4.79 Å². The van der Waals surface area contributed by atoms with Gasteiger partial charge in [0.15, 0.2) is 5.96 Å². The number of piperazine rings is 1. The lowest BCUT2D eigenvalue weighted by Gasteiger charge is -2.38. The van der Waals surface area contributed by atoms with Gasteiger partial charge in [0, 0.05) is 71.4 Å². The lowest BCUT2D eigenvalue weighted by atomic mass is 9.84. The fourth-order valence-electron chi connectivity index (χ4n) is 4.44. The van der Waals surface area contributed by atoms with Crippen molar-refractivity contribution in [2.75, 3.05) is 66.0 Å². The fourth-order valence-corrected chi connectivity index (χ4v) is 4.44.